The molecule has 3 aromatic rings. The van der Waals surface area contributed by atoms with Gasteiger partial charge in [0, 0.05) is 11.1 Å². The number of aromatic nitrogens is 1. The summed E-state index contributed by atoms with van der Waals surface area (Å²) in [5, 5.41) is 12.7. The third kappa shape index (κ3) is 3.44. The average Bonchev–Trinajstić information content (AvgIpc) is 3.10. The van der Waals surface area contributed by atoms with Crippen LogP contribution < -0.4 is 5.32 Å². The summed E-state index contributed by atoms with van der Waals surface area (Å²) >= 11 is 0. The SMILES string of the molecule is Cc1ccc2nc(C)c(C)c(C(=O)NC(CC(=O)O)c3ccco3)c2c1. The lowest BCUT2D eigenvalue weighted by Crippen LogP contribution is -2.31. The summed E-state index contributed by atoms with van der Waals surface area (Å²) in [7, 11) is 0. The molecule has 1 aromatic carbocycles. The van der Waals surface area contributed by atoms with E-state index in [0.29, 0.717) is 11.3 Å². The van der Waals surface area contributed by atoms with Crippen LogP contribution in [-0.4, -0.2) is 22.0 Å². The maximum absolute atomic E-state index is 13.1. The van der Waals surface area contributed by atoms with Gasteiger partial charge in [-0.1, -0.05) is 11.6 Å². The summed E-state index contributed by atoms with van der Waals surface area (Å²) in [5.74, 6) is -0.953. The number of hydrogen-bond donors (Lipinski definition) is 2. The van der Waals surface area contributed by atoms with Crippen molar-refractivity contribution in [1.29, 1.82) is 0 Å². The molecule has 134 valence electrons. The average molecular weight is 352 g/mol. The molecule has 2 aromatic heterocycles. The van der Waals surface area contributed by atoms with Crippen LogP contribution in [0.4, 0.5) is 0 Å². The van der Waals surface area contributed by atoms with Gasteiger partial charge in [0.2, 0.25) is 0 Å². The van der Waals surface area contributed by atoms with E-state index in [1.54, 1.807) is 12.1 Å². The number of carboxylic acid groups (broad SMARTS) is 1. The van der Waals surface area contributed by atoms with Crippen molar-refractivity contribution in [3.05, 3.63) is 64.7 Å². The smallest absolute Gasteiger partial charge is 0.305 e. The van der Waals surface area contributed by atoms with Gasteiger partial charge in [0.15, 0.2) is 0 Å². The van der Waals surface area contributed by atoms with Crippen LogP contribution >= 0.6 is 0 Å². The highest BCUT2D eigenvalue weighted by Crippen LogP contribution is 2.26. The van der Waals surface area contributed by atoms with Crippen LogP contribution in [0.1, 0.15) is 45.4 Å². The van der Waals surface area contributed by atoms with Crippen molar-refractivity contribution in [2.24, 2.45) is 0 Å². The van der Waals surface area contributed by atoms with Crippen LogP contribution in [0, 0.1) is 20.8 Å². The molecule has 1 unspecified atom stereocenters. The minimum atomic E-state index is -1.02. The first-order valence-electron chi connectivity index (χ1n) is 8.30. The second-order valence-corrected chi connectivity index (χ2v) is 6.36. The highest BCUT2D eigenvalue weighted by atomic mass is 16.4. The van der Waals surface area contributed by atoms with E-state index in [1.165, 1.54) is 6.26 Å². The number of fused-ring (bicyclic) bond motifs is 1. The van der Waals surface area contributed by atoms with Crippen LogP contribution in [0.5, 0.6) is 0 Å². The normalized spacial score (nSPS) is 12.1. The Hall–Kier alpha value is -3.15. The molecule has 0 saturated heterocycles. The van der Waals surface area contributed by atoms with Crippen molar-refractivity contribution >= 4 is 22.8 Å². The van der Waals surface area contributed by atoms with Crippen LogP contribution in [0.25, 0.3) is 10.9 Å². The number of amides is 1. The van der Waals surface area contributed by atoms with E-state index >= 15 is 0 Å². The predicted molar refractivity (Wildman–Crippen MR) is 97.1 cm³/mol. The molecule has 1 amide bonds. The van der Waals surface area contributed by atoms with E-state index in [1.807, 2.05) is 39.0 Å². The molecule has 0 aliphatic carbocycles. The first-order valence-corrected chi connectivity index (χ1v) is 8.30. The Balaban J connectivity index is 2.05. The molecular weight excluding hydrogens is 332 g/mol. The molecule has 0 bridgehead atoms. The predicted octanol–water partition coefficient (Wildman–Crippen LogP) is 3.70. The van der Waals surface area contributed by atoms with Crippen molar-refractivity contribution in [2.45, 2.75) is 33.2 Å². The van der Waals surface area contributed by atoms with Gasteiger partial charge in [0.1, 0.15) is 5.76 Å². The first-order chi connectivity index (χ1) is 12.4. The zero-order valence-electron chi connectivity index (χ0n) is 14.9. The largest absolute Gasteiger partial charge is 0.481 e. The fraction of sp³-hybridized carbons (Fsp3) is 0.250. The summed E-state index contributed by atoms with van der Waals surface area (Å²) in [4.78, 5) is 28.8. The fourth-order valence-electron chi connectivity index (χ4n) is 3.00. The first kappa shape index (κ1) is 17.7. The van der Waals surface area contributed by atoms with Gasteiger partial charge in [0.05, 0.1) is 29.8 Å². The molecule has 26 heavy (non-hydrogen) atoms. The number of nitrogens with one attached hydrogen (secondary N) is 1. The number of nitrogens with zero attached hydrogens (tertiary/aromatic N) is 1. The van der Waals surface area contributed by atoms with Gasteiger partial charge in [0.25, 0.3) is 5.91 Å². The molecule has 6 heteroatoms. The van der Waals surface area contributed by atoms with Crippen LogP contribution in [-0.2, 0) is 4.79 Å². The topological polar surface area (TPSA) is 92.4 Å². The van der Waals surface area contributed by atoms with E-state index in [9.17, 15) is 14.7 Å². The lowest BCUT2D eigenvalue weighted by Gasteiger charge is -2.18. The van der Waals surface area contributed by atoms with Crippen LogP contribution in [0.3, 0.4) is 0 Å². The van der Waals surface area contributed by atoms with E-state index in [-0.39, 0.29) is 12.3 Å². The number of hydrogen-bond acceptors (Lipinski definition) is 4. The molecule has 1 atom stereocenters. The Morgan fingerprint density at radius 3 is 2.65 bits per heavy atom. The summed E-state index contributed by atoms with van der Waals surface area (Å²) in [6, 6.07) is 8.32. The highest BCUT2D eigenvalue weighted by molar-refractivity contribution is 6.08. The number of carbonyl (C=O) groups is 2. The van der Waals surface area contributed by atoms with E-state index in [0.717, 1.165) is 27.7 Å². The maximum atomic E-state index is 13.1. The Morgan fingerprint density at radius 1 is 1.23 bits per heavy atom. The van der Waals surface area contributed by atoms with Gasteiger partial charge in [-0.2, -0.15) is 0 Å². The molecule has 6 nitrogen and oxygen atoms in total. The summed E-state index contributed by atoms with van der Waals surface area (Å²) in [5.41, 5.74) is 3.80. The second kappa shape index (κ2) is 7.00. The van der Waals surface area contributed by atoms with Crippen LogP contribution in [0.15, 0.2) is 41.0 Å². The van der Waals surface area contributed by atoms with Crippen molar-refractivity contribution in [2.75, 3.05) is 0 Å². The van der Waals surface area contributed by atoms with E-state index in [4.69, 9.17) is 4.42 Å². The molecule has 3 rings (SSSR count). The Bertz CT molecular complexity index is 977. The van der Waals surface area contributed by atoms with Gasteiger partial charge < -0.3 is 14.8 Å². The number of carbonyl (C=O) groups excluding carboxylic acids is 1. The van der Waals surface area contributed by atoms with Crippen molar-refractivity contribution in [3.63, 3.8) is 0 Å². The Labute approximate surface area is 150 Å². The van der Waals surface area contributed by atoms with Gasteiger partial charge >= 0.3 is 5.97 Å². The molecule has 0 aliphatic rings. The molecule has 0 aliphatic heterocycles. The number of aryl methyl sites for hydroxylation is 2. The quantitative estimate of drug-likeness (QED) is 0.730. The number of aliphatic carboxylic acids is 1. The third-order valence-corrected chi connectivity index (χ3v) is 4.43. The fourth-order valence-corrected chi connectivity index (χ4v) is 3.00. The standard InChI is InChI=1S/C20H20N2O4/c1-11-6-7-15-14(9-11)19(12(2)13(3)21-15)20(25)22-16(10-18(23)24)17-5-4-8-26-17/h4-9,16H,10H2,1-3H3,(H,22,25)(H,23,24). The number of pyridine rings is 1. The number of furan rings is 1. The molecule has 2 N–H and O–H groups in total. The van der Waals surface area contributed by atoms with E-state index < -0.39 is 12.0 Å². The minimum Gasteiger partial charge on any atom is -0.481 e. The summed E-state index contributed by atoms with van der Waals surface area (Å²) < 4.78 is 5.30. The van der Waals surface area contributed by atoms with Crippen molar-refractivity contribution in [1.82, 2.24) is 10.3 Å². The third-order valence-electron chi connectivity index (χ3n) is 4.43. The monoisotopic (exact) mass is 352 g/mol. The second-order valence-electron chi connectivity index (χ2n) is 6.36. The molecular formula is C20H20N2O4. The van der Waals surface area contributed by atoms with Crippen LogP contribution in [0.2, 0.25) is 0 Å². The van der Waals surface area contributed by atoms with Crippen molar-refractivity contribution < 1.29 is 19.1 Å². The Kier molecular flexibility index (Phi) is 4.75. The number of carboxylic acids is 1. The summed E-state index contributed by atoms with van der Waals surface area (Å²) in [6.07, 6.45) is 1.19. The minimum absolute atomic E-state index is 0.265. The zero-order chi connectivity index (χ0) is 18.8. The Morgan fingerprint density at radius 2 is 2.00 bits per heavy atom. The molecule has 0 radical (unpaired) electrons. The lowest BCUT2D eigenvalue weighted by molar-refractivity contribution is -0.137. The van der Waals surface area contributed by atoms with Gasteiger partial charge in [-0.05, 0) is 50.6 Å². The van der Waals surface area contributed by atoms with Gasteiger partial charge in [-0.15, -0.1) is 0 Å². The molecule has 0 saturated carbocycles. The number of rotatable bonds is 5. The molecule has 2 heterocycles. The highest BCUT2D eigenvalue weighted by Gasteiger charge is 2.24. The molecule has 0 spiro atoms. The van der Waals surface area contributed by atoms with Gasteiger partial charge in [-0.25, -0.2) is 0 Å². The zero-order valence-corrected chi connectivity index (χ0v) is 14.9. The molecule has 0 fully saturated rings. The van der Waals surface area contributed by atoms with E-state index in [2.05, 4.69) is 10.3 Å². The van der Waals surface area contributed by atoms with Gasteiger partial charge in [-0.3, -0.25) is 14.6 Å². The lowest BCUT2D eigenvalue weighted by atomic mass is 9.99. The summed E-state index contributed by atoms with van der Waals surface area (Å²) in [6.45, 7) is 5.65. The van der Waals surface area contributed by atoms with Crippen molar-refractivity contribution in [3.8, 4) is 0 Å². The maximum Gasteiger partial charge on any atom is 0.305 e. The number of benzene rings is 1.